The first-order valence-electron chi connectivity index (χ1n) is 4.70. The number of pyridine rings is 1. The molecule has 0 atom stereocenters. The van der Waals surface area contributed by atoms with E-state index in [2.05, 4.69) is 21.5 Å². The predicted molar refractivity (Wildman–Crippen MR) is 57.6 cm³/mol. The SMILES string of the molecule is CCCn1c(C)nc2cc(Cl)cnc21. The molecule has 14 heavy (non-hydrogen) atoms. The van der Waals surface area contributed by atoms with Gasteiger partial charge in [0.05, 0.1) is 5.02 Å². The highest BCUT2D eigenvalue weighted by Gasteiger charge is 2.07. The summed E-state index contributed by atoms with van der Waals surface area (Å²) in [6.07, 6.45) is 2.74. The number of imidazole rings is 1. The summed E-state index contributed by atoms with van der Waals surface area (Å²) in [6, 6.07) is 1.85. The Labute approximate surface area is 87.7 Å². The fourth-order valence-electron chi connectivity index (χ4n) is 1.59. The summed E-state index contributed by atoms with van der Waals surface area (Å²) < 4.78 is 2.12. The Morgan fingerprint density at radius 2 is 2.29 bits per heavy atom. The van der Waals surface area contributed by atoms with Crippen LogP contribution in [0.4, 0.5) is 0 Å². The number of rotatable bonds is 2. The lowest BCUT2D eigenvalue weighted by atomic mass is 10.4. The van der Waals surface area contributed by atoms with Gasteiger partial charge in [0.2, 0.25) is 0 Å². The number of halogens is 1. The Kier molecular flexibility index (Phi) is 2.42. The molecular weight excluding hydrogens is 198 g/mol. The zero-order valence-corrected chi connectivity index (χ0v) is 9.04. The van der Waals surface area contributed by atoms with Crippen molar-refractivity contribution in [1.82, 2.24) is 14.5 Å². The van der Waals surface area contributed by atoms with Gasteiger partial charge in [-0.15, -0.1) is 0 Å². The number of nitrogens with zero attached hydrogens (tertiary/aromatic N) is 3. The Morgan fingerprint density at radius 1 is 1.50 bits per heavy atom. The van der Waals surface area contributed by atoms with E-state index in [4.69, 9.17) is 11.6 Å². The molecule has 0 saturated heterocycles. The number of hydrogen-bond donors (Lipinski definition) is 0. The molecule has 0 aliphatic heterocycles. The van der Waals surface area contributed by atoms with Gasteiger partial charge in [-0.2, -0.15) is 0 Å². The molecule has 0 amide bonds. The summed E-state index contributed by atoms with van der Waals surface area (Å²) in [4.78, 5) is 8.70. The summed E-state index contributed by atoms with van der Waals surface area (Å²) in [7, 11) is 0. The van der Waals surface area contributed by atoms with Crippen molar-refractivity contribution in [2.24, 2.45) is 0 Å². The average Bonchev–Trinajstić information content (AvgIpc) is 2.43. The molecule has 2 aromatic rings. The highest BCUT2D eigenvalue weighted by Crippen LogP contribution is 2.17. The molecule has 0 radical (unpaired) electrons. The molecule has 0 aliphatic rings. The van der Waals surface area contributed by atoms with Crippen LogP contribution in [0, 0.1) is 6.92 Å². The van der Waals surface area contributed by atoms with Crippen molar-refractivity contribution in [3.05, 3.63) is 23.1 Å². The Balaban J connectivity index is 2.64. The third-order valence-electron chi connectivity index (χ3n) is 2.19. The molecule has 0 saturated carbocycles. The van der Waals surface area contributed by atoms with Gasteiger partial charge in [0, 0.05) is 12.7 Å². The Hall–Kier alpha value is -1.09. The van der Waals surface area contributed by atoms with Crippen molar-refractivity contribution in [1.29, 1.82) is 0 Å². The summed E-state index contributed by atoms with van der Waals surface area (Å²) in [5.41, 5.74) is 1.80. The van der Waals surface area contributed by atoms with E-state index in [9.17, 15) is 0 Å². The van der Waals surface area contributed by atoms with Crippen LogP contribution < -0.4 is 0 Å². The zero-order valence-electron chi connectivity index (χ0n) is 8.29. The van der Waals surface area contributed by atoms with Gasteiger partial charge in [-0.3, -0.25) is 0 Å². The van der Waals surface area contributed by atoms with Gasteiger partial charge in [-0.25, -0.2) is 9.97 Å². The van der Waals surface area contributed by atoms with Crippen molar-refractivity contribution in [3.63, 3.8) is 0 Å². The highest BCUT2D eigenvalue weighted by molar-refractivity contribution is 6.31. The quantitative estimate of drug-likeness (QED) is 0.762. The lowest BCUT2D eigenvalue weighted by Crippen LogP contribution is -1.99. The number of aromatic nitrogens is 3. The average molecular weight is 210 g/mol. The van der Waals surface area contributed by atoms with Crippen molar-refractivity contribution in [3.8, 4) is 0 Å². The Bertz CT molecular complexity index is 462. The smallest absolute Gasteiger partial charge is 0.160 e. The summed E-state index contributed by atoms with van der Waals surface area (Å²) in [5, 5.41) is 0.638. The van der Waals surface area contributed by atoms with Crippen LogP contribution in [-0.4, -0.2) is 14.5 Å². The second-order valence-electron chi connectivity index (χ2n) is 3.31. The summed E-state index contributed by atoms with van der Waals surface area (Å²) >= 11 is 5.85. The minimum Gasteiger partial charge on any atom is -0.313 e. The molecule has 2 heterocycles. The fourth-order valence-corrected chi connectivity index (χ4v) is 1.74. The van der Waals surface area contributed by atoms with E-state index in [-0.39, 0.29) is 0 Å². The Morgan fingerprint density at radius 3 is 3.00 bits per heavy atom. The second kappa shape index (κ2) is 3.58. The van der Waals surface area contributed by atoms with Crippen molar-refractivity contribution in [2.45, 2.75) is 26.8 Å². The molecule has 4 heteroatoms. The molecule has 0 spiro atoms. The van der Waals surface area contributed by atoms with E-state index in [0.29, 0.717) is 5.02 Å². The maximum Gasteiger partial charge on any atom is 0.160 e. The first-order valence-corrected chi connectivity index (χ1v) is 5.08. The van der Waals surface area contributed by atoms with Crippen LogP contribution in [0.1, 0.15) is 19.2 Å². The van der Waals surface area contributed by atoms with Gasteiger partial charge in [0.15, 0.2) is 5.65 Å². The number of aryl methyl sites for hydroxylation is 2. The van der Waals surface area contributed by atoms with E-state index < -0.39 is 0 Å². The van der Waals surface area contributed by atoms with E-state index in [1.54, 1.807) is 6.20 Å². The summed E-state index contributed by atoms with van der Waals surface area (Å²) in [5.74, 6) is 0.997. The minimum atomic E-state index is 0.638. The molecule has 0 unspecified atom stereocenters. The maximum absolute atomic E-state index is 5.85. The standard InChI is InChI=1S/C10H12ClN3/c1-3-4-14-7(2)13-9-5-8(11)6-12-10(9)14/h5-6H,3-4H2,1-2H3. The third kappa shape index (κ3) is 1.48. The van der Waals surface area contributed by atoms with Crippen LogP contribution in [0.2, 0.25) is 5.02 Å². The molecule has 2 rings (SSSR count). The van der Waals surface area contributed by atoms with Crippen LogP contribution in [0.5, 0.6) is 0 Å². The van der Waals surface area contributed by atoms with Crippen molar-refractivity contribution < 1.29 is 0 Å². The number of fused-ring (bicyclic) bond motifs is 1. The molecule has 3 nitrogen and oxygen atoms in total. The molecule has 0 aromatic carbocycles. The van der Waals surface area contributed by atoms with Crippen molar-refractivity contribution >= 4 is 22.8 Å². The maximum atomic E-state index is 5.85. The third-order valence-corrected chi connectivity index (χ3v) is 2.40. The van der Waals surface area contributed by atoms with Crippen molar-refractivity contribution in [2.75, 3.05) is 0 Å². The zero-order chi connectivity index (χ0) is 10.1. The van der Waals surface area contributed by atoms with Gasteiger partial charge < -0.3 is 4.57 Å². The molecular formula is C10H12ClN3. The van der Waals surface area contributed by atoms with Gasteiger partial charge in [-0.1, -0.05) is 18.5 Å². The van der Waals surface area contributed by atoms with Crippen LogP contribution in [0.25, 0.3) is 11.2 Å². The molecule has 2 aromatic heterocycles. The van der Waals surface area contributed by atoms with E-state index in [0.717, 1.165) is 30.0 Å². The lowest BCUT2D eigenvalue weighted by Gasteiger charge is -2.02. The molecule has 0 fully saturated rings. The first kappa shape index (κ1) is 9.46. The predicted octanol–water partition coefficient (Wildman–Crippen LogP) is 2.80. The largest absolute Gasteiger partial charge is 0.313 e. The van der Waals surface area contributed by atoms with E-state index in [1.165, 1.54) is 0 Å². The molecule has 74 valence electrons. The molecule has 0 N–H and O–H groups in total. The van der Waals surface area contributed by atoms with Gasteiger partial charge in [0.25, 0.3) is 0 Å². The van der Waals surface area contributed by atoms with Crippen LogP contribution in [0.15, 0.2) is 12.3 Å². The number of hydrogen-bond acceptors (Lipinski definition) is 2. The topological polar surface area (TPSA) is 30.7 Å². The fraction of sp³-hybridized carbons (Fsp3) is 0.400. The minimum absolute atomic E-state index is 0.638. The second-order valence-corrected chi connectivity index (χ2v) is 3.74. The van der Waals surface area contributed by atoms with Crippen LogP contribution in [-0.2, 0) is 6.54 Å². The normalized spacial score (nSPS) is 11.1. The summed E-state index contributed by atoms with van der Waals surface area (Å²) in [6.45, 7) is 5.09. The van der Waals surface area contributed by atoms with E-state index in [1.807, 2.05) is 13.0 Å². The van der Waals surface area contributed by atoms with Gasteiger partial charge in [-0.05, 0) is 19.4 Å². The van der Waals surface area contributed by atoms with E-state index >= 15 is 0 Å². The first-order chi connectivity index (χ1) is 6.72. The molecule has 0 bridgehead atoms. The highest BCUT2D eigenvalue weighted by atomic mass is 35.5. The monoisotopic (exact) mass is 209 g/mol. The lowest BCUT2D eigenvalue weighted by molar-refractivity contribution is 0.670. The van der Waals surface area contributed by atoms with Gasteiger partial charge in [0.1, 0.15) is 11.3 Å². The van der Waals surface area contributed by atoms with Crippen LogP contribution in [0.3, 0.4) is 0 Å². The van der Waals surface area contributed by atoms with Crippen LogP contribution >= 0.6 is 11.6 Å². The van der Waals surface area contributed by atoms with Gasteiger partial charge >= 0.3 is 0 Å². The molecule has 0 aliphatic carbocycles.